The van der Waals surface area contributed by atoms with E-state index in [9.17, 15) is 13.6 Å². The number of carboxylic acid groups (broad SMARTS) is 1. The summed E-state index contributed by atoms with van der Waals surface area (Å²) >= 11 is 5.48. The van der Waals surface area contributed by atoms with Crippen molar-refractivity contribution in [2.24, 2.45) is 0 Å². The lowest BCUT2D eigenvalue weighted by Crippen LogP contribution is -1.94. The summed E-state index contributed by atoms with van der Waals surface area (Å²) in [4.78, 5) is 10.5. The normalized spacial score (nSPS) is 10.5. The summed E-state index contributed by atoms with van der Waals surface area (Å²) in [6, 6.07) is 2.61. The number of carbonyl (C=O) groups is 1. The molecule has 0 fully saturated rings. The fraction of sp³-hybridized carbons (Fsp3) is 0. The first-order valence-electron chi connectivity index (χ1n) is 4.34. The molecule has 4 nitrogen and oxygen atoms in total. The molecule has 0 spiro atoms. The topological polar surface area (TPSA) is 63.3 Å². The van der Waals surface area contributed by atoms with Crippen LogP contribution in [0, 0.1) is 11.6 Å². The standard InChI is InChI=1S/C10H4ClF2NO3/c11-5-1-4(6(12)2-7(5)13)9-3-8(10(15)16)14-17-9/h1-3H,(H,15,16). The van der Waals surface area contributed by atoms with Gasteiger partial charge in [-0.05, 0) is 6.07 Å². The summed E-state index contributed by atoms with van der Waals surface area (Å²) in [5.74, 6) is -3.28. The summed E-state index contributed by atoms with van der Waals surface area (Å²) in [5, 5.41) is 11.5. The molecule has 0 bridgehead atoms. The Morgan fingerprint density at radius 1 is 1.29 bits per heavy atom. The molecule has 0 radical (unpaired) electrons. The molecule has 0 aliphatic carbocycles. The fourth-order valence-electron chi connectivity index (χ4n) is 1.21. The summed E-state index contributed by atoms with van der Waals surface area (Å²) in [6.45, 7) is 0. The third kappa shape index (κ3) is 2.12. The average molecular weight is 260 g/mol. The third-order valence-electron chi connectivity index (χ3n) is 2.00. The lowest BCUT2D eigenvalue weighted by molar-refractivity contribution is 0.0686. The molecule has 0 amide bonds. The minimum Gasteiger partial charge on any atom is -0.476 e. The van der Waals surface area contributed by atoms with Crippen molar-refractivity contribution in [3.8, 4) is 11.3 Å². The molecule has 0 aliphatic rings. The van der Waals surface area contributed by atoms with Crippen LogP contribution in [0.1, 0.15) is 10.5 Å². The smallest absolute Gasteiger partial charge is 0.358 e. The SMILES string of the molecule is O=C(O)c1cc(-c2cc(Cl)c(F)cc2F)on1. The van der Waals surface area contributed by atoms with E-state index in [1.165, 1.54) is 0 Å². The van der Waals surface area contributed by atoms with Crippen LogP contribution < -0.4 is 0 Å². The Kier molecular flexibility index (Phi) is 2.81. The van der Waals surface area contributed by atoms with Gasteiger partial charge in [-0.25, -0.2) is 13.6 Å². The number of hydrogen-bond acceptors (Lipinski definition) is 3. The molecule has 7 heteroatoms. The molecular formula is C10H4ClF2NO3. The first-order chi connectivity index (χ1) is 7.99. The predicted octanol–water partition coefficient (Wildman–Crippen LogP) is 2.97. The highest BCUT2D eigenvalue weighted by atomic mass is 35.5. The van der Waals surface area contributed by atoms with Gasteiger partial charge in [-0.15, -0.1) is 0 Å². The highest BCUT2D eigenvalue weighted by Gasteiger charge is 2.17. The van der Waals surface area contributed by atoms with E-state index in [1.54, 1.807) is 0 Å². The van der Waals surface area contributed by atoms with Crippen molar-refractivity contribution in [3.05, 3.63) is 40.6 Å². The lowest BCUT2D eigenvalue weighted by atomic mass is 10.1. The number of halogens is 3. The van der Waals surface area contributed by atoms with Crippen LogP contribution in [0.5, 0.6) is 0 Å². The van der Waals surface area contributed by atoms with Crippen LogP contribution >= 0.6 is 11.6 Å². The zero-order chi connectivity index (χ0) is 12.6. The van der Waals surface area contributed by atoms with Gasteiger partial charge in [-0.3, -0.25) is 0 Å². The highest BCUT2D eigenvalue weighted by molar-refractivity contribution is 6.31. The molecule has 0 atom stereocenters. The first-order valence-corrected chi connectivity index (χ1v) is 4.71. The van der Waals surface area contributed by atoms with E-state index in [1.807, 2.05) is 0 Å². The Morgan fingerprint density at radius 2 is 2.00 bits per heavy atom. The molecule has 0 saturated heterocycles. The fourth-order valence-corrected chi connectivity index (χ4v) is 1.38. The Hall–Kier alpha value is -1.95. The van der Waals surface area contributed by atoms with Gasteiger partial charge in [0.15, 0.2) is 11.5 Å². The first kappa shape index (κ1) is 11.5. The largest absolute Gasteiger partial charge is 0.476 e. The van der Waals surface area contributed by atoms with Gasteiger partial charge in [-0.1, -0.05) is 16.8 Å². The van der Waals surface area contributed by atoms with E-state index >= 15 is 0 Å². The van der Waals surface area contributed by atoms with Crippen molar-refractivity contribution in [3.63, 3.8) is 0 Å². The minimum absolute atomic E-state index is 0.137. The molecule has 0 saturated carbocycles. The van der Waals surface area contributed by atoms with Crippen molar-refractivity contribution < 1.29 is 23.2 Å². The molecule has 88 valence electrons. The summed E-state index contributed by atoms with van der Waals surface area (Å²) in [5.41, 5.74) is -0.531. The van der Waals surface area contributed by atoms with Gasteiger partial charge in [0.1, 0.15) is 11.6 Å². The molecule has 0 aliphatic heterocycles. The van der Waals surface area contributed by atoms with Gasteiger partial charge < -0.3 is 9.63 Å². The Balaban J connectivity index is 2.52. The number of rotatable bonds is 2. The van der Waals surface area contributed by atoms with Crippen LogP contribution in [-0.2, 0) is 0 Å². The monoisotopic (exact) mass is 259 g/mol. The lowest BCUT2D eigenvalue weighted by Gasteiger charge is -2.00. The molecule has 0 unspecified atom stereocenters. The van der Waals surface area contributed by atoms with E-state index in [0.717, 1.165) is 12.1 Å². The minimum atomic E-state index is -1.31. The molecule has 1 aromatic carbocycles. The number of carboxylic acids is 1. The molecule has 1 N–H and O–H groups in total. The van der Waals surface area contributed by atoms with E-state index in [-0.39, 0.29) is 22.0 Å². The maximum atomic E-state index is 13.4. The van der Waals surface area contributed by atoms with Crippen LogP contribution in [0.25, 0.3) is 11.3 Å². The predicted molar refractivity (Wildman–Crippen MR) is 53.8 cm³/mol. The Bertz CT molecular complexity index is 597. The number of aromatic carboxylic acids is 1. The third-order valence-corrected chi connectivity index (χ3v) is 2.29. The van der Waals surface area contributed by atoms with Crippen LogP contribution in [0.2, 0.25) is 5.02 Å². The van der Waals surface area contributed by atoms with Gasteiger partial charge >= 0.3 is 5.97 Å². The molecular weight excluding hydrogens is 256 g/mol. The maximum absolute atomic E-state index is 13.4. The van der Waals surface area contributed by atoms with Crippen LogP contribution in [0.15, 0.2) is 22.7 Å². The number of aromatic nitrogens is 1. The quantitative estimate of drug-likeness (QED) is 0.842. The van der Waals surface area contributed by atoms with Gasteiger partial charge in [0.2, 0.25) is 0 Å². The van der Waals surface area contributed by atoms with Crippen molar-refractivity contribution in [1.29, 1.82) is 0 Å². The number of benzene rings is 1. The zero-order valence-corrected chi connectivity index (χ0v) is 8.83. The van der Waals surface area contributed by atoms with E-state index in [0.29, 0.717) is 6.07 Å². The van der Waals surface area contributed by atoms with Crippen molar-refractivity contribution in [1.82, 2.24) is 5.16 Å². The second-order valence-corrected chi connectivity index (χ2v) is 3.53. The van der Waals surface area contributed by atoms with Gasteiger partial charge in [0.25, 0.3) is 0 Å². The van der Waals surface area contributed by atoms with Crippen molar-refractivity contribution in [2.75, 3.05) is 0 Å². The molecule has 1 aromatic heterocycles. The van der Waals surface area contributed by atoms with Crippen LogP contribution in [-0.4, -0.2) is 16.2 Å². The van der Waals surface area contributed by atoms with Gasteiger partial charge in [0.05, 0.1) is 10.6 Å². The molecule has 2 rings (SSSR count). The average Bonchev–Trinajstić information content (AvgIpc) is 2.72. The van der Waals surface area contributed by atoms with Gasteiger partial charge in [0, 0.05) is 12.1 Å². The summed E-state index contributed by atoms with van der Waals surface area (Å²) in [6.07, 6.45) is 0. The van der Waals surface area contributed by atoms with Gasteiger partial charge in [-0.2, -0.15) is 0 Å². The zero-order valence-electron chi connectivity index (χ0n) is 8.08. The number of hydrogen-bond donors (Lipinski definition) is 1. The highest BCUT2D eigenvalue weighted by Crippen LogP contribution is 2.28. The van der Waals surface area contributed by atoms with E-state index in [4.69, 9.17) is 16.7 Å². The van der Waals surface area contributed by atoms with E-state index < -0.39 is 17.6 Å². The Morgan fingerprint density at radius 3 is 2.59 bits per heavy atom. The molecule has 17 heavy (non-hydrogen) atoms. The van der Waals surface area contributed by atoms with Crippen LogP contribution in [0.3, 0.4) is 0 Å². The number of nitrogens with zero attached hydrogens (tertiary/aromatic N) is 1. The Labute approximate surface area is 98.4 Å². The second kappa shape index (κ2) is 4.14. The second-order valence-electron chi connectivity index (χ2n) is 3.13. The summed E-state index contributed by atoms with van der Waals surface area (Å²) < 4.78 is 30.9. The molecule has 2 aromatic rings. The van der Waals surface area contributed by atoms with Crippen LogP contribution in [0.4, 0.5) is 8.78 Å². The van der Waals surface area contributed by atoms with Crippen molar-refractivity contribution >= 4 is 17.6 Å². The summed E-state index contributed by atoms with van der Waals surface area (Å²) in [7, 11) is 0. The van der Waals surface area contributed by atoms with Crippen molar-refractivity contribution in [2.45, 2.75) is 0 Å². The molecule has 1 heterocycles. The maximum Gasteiger partial charge on any atom is 0.358 e. The van der Waals surface area contributed by atoms with E-state index in [2.05, 4.69) is 9.68 Å².